The van der Waals surface area contributed by atoms with E-state index in [9.17, 15) is 13.6 Å². The Morgan fingerprint density at radius 3 is 2.68 bits per heavy atom. The summed E-state index contributed by atoms with van der Waals surface area (Å²) in [5, 5.41) is 13.2. The van der Waals surface area contributed by atoms with E-state index in [1.165, 1.54) is 25.4 Å². The van der Waals surface area contributed by atoms with Gasteiger partial charge in [0.15, 0.2) is 5.76 Å². The van der Waals surface area contributed by atoms with Crippen LogP contribution in [0.5, 0.6) is 5.75 Å². The fourth-order valence-electron chi connectivity index (χ4n) is 3.44. The molecule has 3 aromatic rings. The average molecular weight is 491 g/mol. The summed E-state index contributed by atoms with van der Waals surface area (Å²) in [7, 11) is 1.44. The minimum absolute atomic E-state index is 0.167. The van der Waals surface area contributed by atoms with Gasteiger partial charge in [-0.25, -0.2) is 13.8 Å². The first-order valence-electron chi connectivity index (χ1n) is 10.5. The largest absolute Gasteiger partial charge is 0.496 e. The third-order valence-corrected chi connectivity index (χ3v) is 5.56. The molecule has 1 aromatic heterocycles. The van der Waals surface area contributed by atoms with Crippen LogP contribution in [0.1, 0.15) is 36.0 Å². The number of carbonyl (C=O) groups excluding carboxylic acids is 1. The van der Waals surface area contributed by atoms with E-state index in [1.54, 1.807) is 37.3 Å². The number of nitrogens with one attached hydrogen (secondary N) is 3. The summed E-state index contributed by atoms with van der Waals surface area (Å²) in [5.74, 6) is -0.141. The molecule has 0 spiro atoms. The lowest BCUT2D eigenvalue weighted by atomic mass is 9.94. The maximum Gasteiger partial charge on any atom is 0.257 e. The SMILES string of the molecule is COc1cccc(Cl)c1C(=O)N[C@](C)(CCCNC(=N)CF)c1ncc(-c2ccc(F)cc2)o1. The highest BCUT2D eigenvalue weighted by molar-refractivity contribution is 6.34. The summed E-state index contributed by atoms with van der Waals surface area (Å²) in [4.78, 5) is 17.6. The standard InChI is InChI=1S/C24H25ClF2N4O3/c1-24(11-4-12-29-20(28)13-26,31-22(32)21-17(25)5-3-6-18(21)33-2)23-30-14-19(34-23)15-7-9-16(27)10-8-15/h3,5-10,14H,4,11-13H2,1-2H3,(H2,28,29)(H,31,32)/t24-/m1/s1. The minimum atomic E-state index is -1.08. The zero-order chi connectivity index (χ0) is 24.7. The normalized spacial score (nSPS) is 12.6. The van der Waals surface area contributed by atoms with Crippen LogP contribution in [0.4, 0.5) is 8.78 Å². The predicted molar refractivity (Wildman–Crippen MR) is 126 cm³/mol. The Kier molecular flexibility index (Phi) is 8.22. The molecule has 3 rings (SSSR count). The molecule has 0 radical (unpaired) electrons. The van der Waals surface area contributed by atoms with Gasteiger partial charge < -0.3 is 19.8 Å². The maximum atomic E-state index is 13.3. The number of nitrogens with zero attached hydrogens (tertiary/aromatic N) is 1. The van der Waals surface area contributed by atoms with Crippen LogP contribution in [0.2, 0.25) is 5.02 Å². The monoisotopic (exact) mass is 490 g/mol. The highest BCUT2D eigenvalue weighted by atomic mass is 35.5. The van der Waals surface area contributed by atoms with Crippen LogP contribution in [-0.4, -0.2) is 37.1 Å². The fraction of sp³-hybridized carbons (Fsp3) is 0.292. The number of ether oxygens (including phenoxy) is 1. The quantitative estimate of drug-likeness (QED) is 0.208. The third kappa shape index (κ3) is 5.91. The Morgan fingerprint density at radius 1 is 1.26 bits per heavy atom. The third-order valence-electron chi connectivity index (χ3n) is 5.24. The zero-order valence-electron chi connectivity index (χ0n) is 18.8. The topological polar surface area (TPSA) is 100 Å². The summed E-state index contributed by atoms with van der Waals surface area (Å²) < 4.78 is 37.1. The van der Waals surface area contributed by atoms with Crippen LogP contribution in [0.25, 0.3) is 11.3 Å². The van der Waals surface area contributed by atoms with Gasteiger partial charge in [-0.15, -0.1) is 0 Å². The minimum Gasteiger partial charge on any atom is -0.496 e. The Bertz CT molecular complexity index is 1150. The number of benzene rings is 2. The maximum absolute atomic E-state index is 13.3. The van der Waals surface area contributed by atoms with Crippen molar-refractivity contribution in [1.82, 2.24) is 15.6 Å². The highest BCUT2D eigenvalue weighted by Crippen LogP contribution is 2.32. The summed E-state index contributed by atoms with van der Waals surface area (Å²) in [6.45, 7) is 1.17. The number of halogens is 3. The van der Waals surface area contributed by atoms with E-state index in [-0.39, 0.29) is 28.1 Å². The molecular weight excluding hydrogens is 466 g/mol. The highest BCUT2D eigenvalue weighted by Gasteiger charge is 2.35. The molecule has 0 unspecified atom stereocenters. The molecule has 0 saturated heterocycles. The van der Waals surface area contributed by atoms with Crippen LogP contribution in [0, 0.1) is 11.2 Å². The van der Waals surface area contributed by atoms with Crippen LogP contribution in [0.3, 0.4) is 0 Å². The fourth-order valence-corrected chi connectivity index (χ4v) is 3.69. The lowest BCUT2D eigenvalue weighted by Crippen LogP contribution is -2.44. The van der Waals surface area contributed by atoms with Crippen molar-refractivity contribution < 1.29 is 22.7 Å². The second kappa shape index (κ2) is 11.1. The second-order valence-corrected chi connectivity index (χ2v) is 8.19. The van der Waals surface area contributed by atoms with Gasteiger partial charge in [0.2, 0.25) is 5.89 Å². The number of amides is 1. The lowest BCUT2D eigenvalue weighted by molar-refractivity contribution is 0.0878. The van der Waals surface area contributed by atoms with E-state index in [0.717, 1.165) is 0 Å². The van der Waals surface area contributed by atoms with Gasteiger partial charge in [-0.3, -0.25) is 10.2 Å². The number of hydrogen-bond donors (Lipinski definition) is 3. The number of methoxy groups -OCH3 is 1. The van der Waals surface area contributed by atoms with Crippen LogP contribution >= 0.6 is 11.6 Å². The summed E-state index contributed by atoms with van der Waals surface area (Å²) in [6.07, 6.45) is 2.31. The van der Waals surface area contributed by atoms with Crippen LogP contribution in [0.15, 0.2) is 53.1 Å². The molecule has 10 heteroatoms. The smallest absolute Gasteiger partial charge is 0.257 e. The van der Waals surface area contributed by atoms with E-state index >= 15 is 0 Å². The predicted octanol–water partition coefficient (Wildman–Crippen LogP) is 5.10. The summed E-state index contributed by atoms with van der Waals surface area (Å²) in [5.41, 5.74) is -0.292. The second-order valence-electron chi connectivity index (χ2n) is 7.78. The van der Waals surface area contributed by atoms with Crippen LogP contribution in [-0.2, 0) is 5.54 Å². The van der Waals surface area contributed by atoms with Crippen molar-refractivity contribution in [2.75, 3.05) is 20.3 Å². The Labute approximate surface area is 201 Å². The molecule has 1 amide bonds. The number of carbonyl (C=O) groups is 1. The van der Waals surface area contributed by atoms with Crippen molar-refractivity contribution in [1.29, 1.82) is 5.41 Å². The van der Waals surface area contributed by atoms with E-state index in [2.05, 4.69) is 15.6 Å². The molecule has 34 heavy (non-hydrogen) atoms. The molecule has 2 aromatic carbocycles. The number of amidine groups is 1. The van der Waals surface area contributed by atoms with Crippen molar-refractivity contribution in [3.8, 4) is 17.1 Å². The first-order chi connectivity index (χ1) is 16.3. The molecule has 0 aliphatic carbocycles. The zero-order valence-corrected chi connectivity index (χ0v) is 19.5. The summed E-state index contributed by atoms with van der Waals surface area (Å²) >= 11 is 6.27. The molecule has 3 N–H and O–H groups in total. The van der Waals surface area contributed by atoms with Crippen molar-refractivity contribution >= 4 is 23.3 Å². The molecular formula is C24H25ClF2N4O3. The van der Waals surface area contributed by atoms with E-state index < -0.39 is 18.1 Å². The van der Waals surface area contributed by atoms with Gasteiger partial charge in [0.1, 0.15) is 29.6 Å². The van der Waals surface area contributed by atoms with Gasteiger partial charge in [0.25, 0.3) is 5.91 Å². The summed E-state index contributed by atoms with van der Waals surface area (Å²) in [6, 6.07) is 10.6. The number of aromatic nitrogens is 1. The van der Waals surface area contributed by atoms with Crippen molar-refractivity contribution in [2.45, 2.75) is 25.3 Å². The first kappa shape index (κ1) is 25.2. The number of rotatable bonds is 10. The number of oxazole rings is 1. The Hall–Kier alpha value is -3.46. The number of alkyl halides is 1. The van der Waals surface area contributed by atoms with Gasteiger partial charge in [-0.1, -0.05) is 17.7 Å². The molecule has 0 fully saturated rings. The molecule has 1 atom stereocenters. The average Bonchev–Trinajstić information content (AvgIpc) is 3.33. The van der Waals surface area contributed by atoms with Gasteiger partial charge >= 0.3 is 0 Å². The van der Waals surface area contributed by atoms with E-state index in [0.29, 0.717) is 36.5 Å². The van der Waals surface area contributed by atoms with Crippen molar-refractivity contribution in [3.63, 3.8) is 0 Å². The Balaban J connectivity index is 1.89. The van der Waals surface area contributed by atoms with Crippen LogP contribution < -0.4 is 15.4 Å². The lowest BCUT2D eigenvalue weighted by Gasteiger charge is -2.28. The van der Waals surface area contributed by atoms with Crippen molar-refractivity contribution in [2.24, 2.45) is 0 Å². The molecule has 0 aliphatic heterocycles. The molecule has 1 heterocycles. The van der Waals surface area contributed by atoms with Gasteiger partial charge in [-0.05, 0) is 56.2 Å². The molecule has 0 bridgehead atoms. The number of hydrogen-bond acceptors (Lipinski definition) is 5. The van der Waals surface area contributed by atoms with E-state index in [4.69, 9.17) is 26.2 Å². The Morgan fingerprint density at radius 2 is 2.00 bits per heavy atom. The first-order valence-corrected chi connectivity index (χ1v) is 10.9. The molecule has 0 saturated carbocycles. The molecule has 180 valence electrons. The van der Waals surface area contributed by atoms with Crippen molar-refractivity contribution in [3.05, 3.63) is 71.0 Å². The van der Waals surface area contributed by atoms with Gasteiger partial charge in [0, 0.05) is 12.1 Å². The van der Waals surface area contributed by atoms with Gasteiger partial charge in [-0.2, -0.15) is 0 Å². The molecule has 7 nitrogen and oxygen atoms in total. The van der Waals surface area contributed by atoms with Gasteiger partial charge in [0.05, 0.1) is 23.9 Å². The van der Waals surface area contributed by atoms with E-state index in [1.807, 2.05) is 0 Å². The molecule has 0 aliphatic rings.